The van der Waals surface area contributed by atoms with Gasteiger partial charge in [-0.25, -0.2) is 4.98 Å². The Morgan fingerprint density at radius 3 is 2.59 bits per heavy atom. The number of rotatable bonds is 2. The van der Waals surface area contributed by atoms with Crippen molar-refractivity contribution in [1.82, 2.24) is 14.5 Å². The molecule has 0 bridgehead atoms. The Morgan fingerprint density at radius 1 is 1.18 bits per heavy atom. The van der Waals surface area contributed by atoms with Crippen LogP contribution in [0, 0.1) is 6.92 Å². The summed E-state index contributed by atoms with van der Waals surface area (Å²) in [5, 5.41) is 10.1. The second-order valence-electron chi connectivity index (χ2n) is 5.62. The van der Waals surface area contributed by atoms with Crippen molar-refractivity contribution < 1.29 is 5.11 Å². The van der Waals surface area contributed by atoms with Crippen molar-refractivity contribution >= 4 is 10.9 Å². The molecule has 112 valence electrons. The SMILES string of the molecule is Cc1ccc(-n2c(C(C)C)nc3cc(O)ccc3c2=O)cn1. The fourth-order valence-electron chi connectivity index (χ4n) is 2.42. The molecule has 0 atom stereocenters. The van der Waals surface area contributed by atoms with Crippen LogP contribution < -0.4 is 5.56 Å². The van der Waals surface area contributed by atoms with E-state index in [2.05, 4.69) is 9.97 Å². The number of nitrogens with zero attached hydrogens (tertiary/aromatic N) is 3. The molecule has 0 unspecified atom stereocenters. The molecule has 5 heteroatoms. The van der Waals surface area contributed by atoms with Crippen LogP contribution in [0.15, 0.2) is 41.3 Å². The van der Waals surface area contributed by atoms with E-state index in [-0.39, 0.29) is 17.2 Å². The van der Waals surface area contributed by atoms with Gasteiger partial charge in [-0.2, -0.15) is 0 Å². The zero-order chi connectivity index (χ0) is 15.9. The van der Waals surface area contributed by atoms with Crippen LogP contribution in [0.25, 0.3) is 16.6 Å². The molecule has 1 aromatic carbocycles. The highest BCUT2D eigenvalue weighted by Gasteiger charge is 2.15. The number of hydrogen-bond donors (Lipinski definition) is 1. The molecule has 0 amide bonds. The van der Waals surface area contributed by atoms with Crippen LogP contribution in [0.5, 0.6) is 5.75 Å². The van der Waals surface area contributed by atoms with Crippen molar-refractivity contribution in [3.05, 3.63) is 58.4 Å². The Hall–Kier alpha value is -2.69. The molecule has 3 rings (SSSR count). The lowest BCUT2D eigenvalue weighted by atomic mass is 10.1. The van der Waals surface area contributed by atoms with Crippen molar-refractivity contribution in [1.29, 1.82) is 0 Å². The summed E-state index contributed by atoms with van der Waals surface area (Å²) in [6.07, 6.45) is 1.68. The molecule has 0 fully saturated rings. The summed E-state index contributed by atoms with van der Waals surface area (Å²) in [5.41, 5.74) is 1.94. The third-order valence-electron chi connectivity index (χ3n) is 3.55. The largest absolute Gasteiger partial charge is 0.508 e. The number of aryl methyl sites for hydroxylation is 1. The molecular formula is C17H17N3O2. The number of benzene rings is 1. The normalized spacial score (nSPS) is 11.3. The Morgan fingerprint density at radius 2 is 1.95 bits per heavy atom. The van der Waals surface area contributed by atoms with E-state index in [0.29, 0.717) is 22.4 Å². The molecule has 0 aliphatic carbocycles. The molecule has 0 saturated carbocycles. The number of phenols is 1. The molecular weight excluding hydrogens is 278 g/mol. The van der Waals surface area contributed by atoms with Crippen molar-refractivity contribution in [2.24, 2.45) is 0 Å². The van der Waals surface area contributed by atoms with Crippen molar-refractivity contribution in [3.8, 4) is 11.4 Å². The van der Waals surface area contributed by atoms with E-state index in [1.54, 1.807) is 16.8 Å². The van der Waals surface area contributed by atoms with E-state index >= 15 is 0 Å². The van der Waals surface area contributed by atoms with E-state index < -0.39 is 0 Å². The van der Waals surface area contributed by atoms with Crippen LogP contribution in [0.4, 0.5) is 0 Å². The van der Waals surface area contributed by atoms with E-state index in [1.807, 2.05) is 32.9 Å². The molecule has 0 aliphatic heterocycles. The average molecular weight is 295 g/mol. The molecule has 0 radical (unpaired) electrons. The monoisotopic (exact) mass is 295 g/mol. The van der Waals surface area contributed by atoms with E-state index in [9.17, 15) is 9.90 Å². The lowest BCUT2D eigenvalue weighted by molar-refractivity contribution is 0.476. The van der Waals surface area contributed by atoms with Gasteiger partial charge in [0.15, 0.2) is 0 Å². The van der Waals surface area contributed by atoms with Gasteiger partial charge >= 0.3 is 0 Å². The van der Waals surface area contributed by atoms with Crippen LogP contribution in [0.2, 0.25) is 0 Å². The fourth-order valence-corrected chi connectivity index (χ4v) is 2.42. The van der Waals surface area contributed by atoms with Gasteiger partial charge in [-0.15, -0.1) is 0 Å². The van der Waals surface area contributed by atoms with Gasteiger partial charge < -0.3 is 5.11 Å². The van der Waals surface area contributed by atoms with Gasteiger partial charge in [-0.3, -0.25) is 14.3 Å². The van der Waals surface area contributed by atoms with E-state index in [4.69, 9.17) is 0 Å². The van der Waals surface area contributed by atoms with Crippen LogP contribution >= 0.6 is 0 Å². The molecule has 1 N–H and O–H groups in total. The van der Waals surface area contributed by atoms with Crippen LogP contribution in [0.1, 0.15) is 31.3 Å². The smallest absolute Gasteiger partial charge is 0.266 e. The maximum absolute atomic E-state index is 12.9. The summed E-state index contributed by atoms with van der Waals surface area (Å²) in [4.78, 5) is 21.7. The minimum Gasteiger partial charge on any atom is -0.508 e. The maximum atomic E-state index is 12.9. The highest BCUT2D eigenvalue weighted by molar-refractivity contribution is 5.79. The van der Waals surface area contributed by atoms with Crippen molar-refractivity contribution in [3.63, 3.8) is 0 Å². The van der Waals surface area contributed by atoms with Crippen molar-refractivity contribution in [2.75, 3.05) is 0 Å². The average Bonchev–Trinajstić information content (AvgIpc) is 2.48. The molecule has 0 aliphatic rings. The van der Waals surface area contributed by atoms with Gasteiger partial charge in [0, 0.05) is 17.7 Å². The van der Waals surface area contributed by atoms with Gasteiger partial charge in [0.25, 0.3) is 5.56 Å². The summed E-state index contributed by atoms with van der Waals surface area (Å²) in [6.45, 7) is 5.86. The number of hydrogen-bond acceptors (Lipinski definition) is 4. The third kappa shape index (κ3) is 2.35. The van der Waals surface area contributed by atoms with E-state index in [0.717, 1.165) is 5.69 Å². The predicted octanol–water partition coefficient (Wildman–Crippen LogP) is 2.92. The van der Waals surface area contributed by atoms with Crippen LogP contribution in [-0.4, -0.2) is 19.6 Å². The number of aromatic hydroxyl groups is 1. The standard InChI is InChI=1S/C17H17N3O2/c1-10(2)16-19-15-8-13(21)6-7-14(15)17(22)20(16)12-5-4-11(3)18-9-12/h4-10,21H,1-3H3. The summed E-state index contributed by atoms with van der Waals surface area (Å²) >= 11 is 0. The Labute approximate surface area is 127 Å². The second-order valence-corrected chi connectivity index (χ2v) is 5.62. The van der Waals surface area contributed by atoms with Crippen LogP contribution in [0.3, 0.4) is 0 Å². The number of pyridine rings is 1. The first-order valence-electron chi connectivity index (χ1n) is 7.16. The Balaban J connectivity index is 2.39. The maximum Gasteiger partial charge on any atom is 0.266 e. The quantitative estimate of drug-likeness (QED) is 0.789. The van der Waals surface area contributed by atoms with Crippen LogP contribution in [-0.2, 0) is 0 Å². The Bertz CT molecular complexity index is 896. The summed E-state index contributed by atoms with van der Waals surface area (Å²) in [6, 6.07) is 8.34. The minimum absolute atomic E-state index is 0.0563. The lowest BCUT2D eigenvalue weighted by Gasteiger charge is -2.16. The second kappa shape index (κ2) is 5.26. The molecule has 2 aromatic heterocycles. The molecule has 2 heterocycles. The highest BCUT2D eigenvalue weighted by atomic mass is 16.3. The Kier molecular flexibility index (Phi) is 3.41. The zero-order valence-electron chi connectivity index (χ0n) is 12.7. The number of aromatic nitrogens is 3. The van der Waals surface area contributed by atoms with Gasteiger partial charge in [0.1, 0.15) is 11.6 Å². The molecule has 0 saturated heterocycles. The fraction of sp³-hybridized carbons (Fsp3) is 0.235. The van der Waals surface area contributed by atoms with Gasteiger partial charge in [0.2, 0.25) is 0 Å². The summed E-state index contributed by atoms with van der Waals surface area (Å²) in [5.74, 6) is 0.804. The first-order valence-corrected chi connectivity index (χ1v) is 7.16. The number of fused-ring (bicyclic) bond motifs is 1. The van der Waals surface area contributed by atoms with Gasteiger partial charge in [-0.1, -0.05) is 13.8 Å². The lowest BCUT2D eigenvalue weighted by Crippen LogP contribution is -2.24. The highest BCUT2D eigenvalue weighted by Crippen LogP contribution is 2.21. The first-order chi connectivity index (χ1) is 10.5. The minimum atomic E-state index is -0.153. The predicted molar refractivity (Wildman–Crippen MR) is 85.6 cm³/mol. The summed E-state index contributed by atoms with van der Waals surface area (Å²) < 4.78 is 1.59. The molecule has 5 nitrogen and oxygen atoms in total. The number of phenolic OH excluding ortho intramolecular Hbond substituents is 1. The third-order valence-corrected chi connectivity index (χ3v) is 3.55. The van der Waals surface area contributed by atoms with Gasteiger partial charge in [-0.05, 0) is 31.2 Å². The molecule has 22 heavy (non-hydrogen) atoms. The van der Waals surface area contributed by atoms with Crippen molar-refractivity contribution in [2.45, 2.75) is 26.7 Å². The topological polar surface area (TPSA) is 68.0 Å². The van der Waals surface area contributed by atoms with E-state index in [1.165, 1.54) is 12.1 Å². The van der Waals surface area contributed by atoms with Gasteiger partial charge in [0.05, 0.1) is 22.8 Å². The summed E-state index contributed by atoms with van der Waals surface area (Å²) in [7, 11) is 0. The molecule has 3 aromatic rings. The molecule has 0 spiro atoms. The first kappa shape index (κ1) is 14.3. The zero-order valence-corrected chi connectivity index (χ0v) is 12.7.